The third-order valence-electron chi connectivity index (χ3n) is 4.31. The van der Waals surface area contributed by atoms with Crippen molar-refractivity contribution in [1.82, 2.24) is 5.32 Å². The molecule has 5 heteroatoms. The van der Waals surface area contributed by atoms with Crippen LogP contribution in [0, 0.1) is 0 Å². The zero-order chi connectivity index (χ0) is 17.5. The van der Waals surface area contributed by atoms with E-state index in [0.717, 1.165) is 30.2 Å². The lowest BCUT2D eigenvalue weighted by Gasteiger charge is -2.17. The summed E-state index contributed by atoms with van der Waals surface area (Å²) in [5, 5.41) is 3.26. The molecule has 0 aromatic heterocycles. The maximum Gasteiger partial charge on any atom is 0.228 e. The average molecular weight is 340 g/mol. The van der Waals surface area contributed by atoms with Gasteiger partial charge in [0.25, 0.3) is 0 Å². The highest BCUT2D eigenvalue weighted by Crippen LogP contribution is 2.27. The lowest BCUT2D eigenvalue weighted by Crippen LogP contribution is -2.32. The highest BCUT2D eigenvalue weighted by atomic mass is 16.5. The normalized spacial score (nSPS) is 12.8. The van der Waals surface area contributed by atoms with E-state index in [1.54, 1.807) is 7.11 Å². The number of carbonyl (C=O) groups excluding carboxylic acids is 1. The molecule has 1 aliphatic heterocycles. The minimum absolute atomic E-state index is 0.175. The number of ether oxygens (including phenoxy) is 2. The van der Waals surface area contributed by atoms with Gasteiger partial charge in [0.05, 0.1) is 7.11 Å². The van der Waals surface area contributed by atoms with Gasteiger partial charge in [-0.1, -0.05) is 18.2 Å². The fourth-order valence-corrected chi connectivity index (χ4v) is 2.97. The first-order valence-electron chi connectivity index (χ1n) is 8.64. The summed E-state index contributed by atoms with van der Waals surface area (Å²) in [4.78, 5) is 14.3. The molecule has 132 valence electrons. The van der Waals surface area contributed by atoms with Gasteiger partial charge >= 0.3 is 0 Å². The molecular formula is C20H24N2O3. The summed E-state index contributed by atoms with van der Waals surface area (Å²) in [5.74, 6) is 1.80. The van der Waals surface area contributed by atoms with E-state index in [4.69, 9.17) is 9.47 Å². The first kappa shape index (κ1) is 17.3. The first-order valence-corrected chi connectivity index (χ1v) is 8.64. The number of methoxy groups -OCH3 is 1. The van der Waals surface area contributed by atoms with Crippen molar-refractivity contribution in [3.63, 3.8) is 0 Å². The van der Waals surface area contributed by atoms with Gasteiger partial charge in [0, 0.05) is 31.7 Å². The van der Waals surface area contributed by atoms with Gasteiger partial charge in [0.1, 0.15) is 18.1 Å². The molecule has 0 unspecified atom stereocenters. The Bertz CT molecular complexity index is 700. The van der Waals surface area contributed by atoms with Crippen LogP contribution >= 0.6 is 0 Å². The van der Waals surface area contributed by atoms with Crippen molar-refractivity contribution < 1.29 is 14.3 Å². The van der Waals surface area contributed by atoms with E-state index in [1.807, 2.05) is 47.4 Å². The summed E-state index contributed by atoms with van der Waals surface area (Å²) < 4.78 is 10.8. The number of carbonyl (C=O) groups is 1. The molecule has 2 aromatic carbocycles. The van der Waals surface area contributed by atoms with Gasteiger partial charge in [-0.25, -0.2) is 0 Å². The topological polar surface area (TPSA) is 50.8 Å². The van der Waals surface area contributed by atoms with E-state index in [0.29, 0.717) is 26.1 Å². The van der Waals surface area contributed by atoms with Gasteiger partial charge < -0.3 is 19.7 Å². The van der Waals surface area contributed by atoms with Crippen LogP contribution in [0.15, 0.2) is 48.5 Å². The number of hydrogen-bond acceptors (Lipinski definition) is 4. The molecule has 0 saturated carbocycles. The van der Waals surface area contributed by atoms with Gasteiger partial charge in [-0.05, 0) is 42.3 Å². The summed E-state index contributed by atoms with van der Waals surface area (Å²) in [5.41, 5.74) is 2.33. The molecule has 1 amide bonds. The van der Waals surface area contributed by atoms with Crippen molar-refractivity contribution in [3.05, 3.63) is 54.1 Å². The number of hydrogen-bond donors (Lipinski definition) is 1. The van der Waals surface area contributed by atoms with Crippen molar-refractivity contribution in [2.45, 2.75) is 12.8 Å². The molecule has 0 bridgehead atoms. The Balaban J connectivity index is 1.33. The minimum Gasteiger partial charge on any atom is -0.497 e. The number of para-hydroxylation sites is 1. The summed E-state index contributed by atoms with van der Waals surface area (Å²) >= 11 is 0. The molecule has 1 aliphatic rings. The number of fused-ring (bicyclic) bond motifs is 1. The van der Waals surface area contributed by atoms with Crippen LogP contribution in [0.2, 0.25) is 0 Å². The molecule has 0 radical (unpaired) electrons. The summed E-state index contributed by atoms with van der Waals surface area (Å²) in [6.45, 7) is 2.71. The number of rotatable bonds is 8. The van der Waals surface area contributed by atoms with E-state index in [2.05, 4.69) is 11.4 Å². The summed E-state index contributed by atoms with van der Waals surface area (Å²) in [6.07, 6.45) is 1.45. The number of nitrogens with zero attached hydrogens (tertiary/aromatic N) is 1. The molecule has 0 spiro atoms. The molecule has 3 rings (SSSR count). The van der Waals surface area contributed by atoms with Crippen LogP contribution in [0.1, 0.15) is 12.0 Å². The van der Waals surface area contributed by atoms with Crippen molar-refractivity contribution in [3.8, 4) is 11.5 Å². The molecule has 1 N–H and O–H groups in total. The number of anilines is 1. The SMILES string of the molecule is COc1ccc(OCCNCCC(=O)N2CCc3ccccc32)cc1. The van der Waals surface area contributed by atoms with E-state index < -0.39 is 0 Å². The molecule has 0 aliphatic carbocycles. The maximum absolute atomic E-state index is 12.4. The fraction of sp³-hybridized carbons (Fsp3) is 0.350. The van der Waals surface area contributed by atoms with E-state index in [1.165, 1.54) is 5.56 Å². The van der Waals surface area contributed by atoms with Crippen LogP contribution in [0.25, 0.3) is 0 Å². The van der Waals surface area contributed by atoms with Gasteiger partial charge in [-0.15, -0.1) is 0 Å². The number of benzene rings is 2. The zero-order valence-corrected chi connectivity index (χ0v) is 14.5. The highest BCUT2D eigenvalue weighted by molar-refractivity contribution is 5.95. The smallest absolute Gasteiger partial charge is 0.228 e. The first-order chi connectivity index (χ1) is 12.3. The lowest BCUT2D eigenvalue weighted by molar-refractivity contribution is -0.118. The quantitative estimate of drug-likeness (QED) is 0.751. The summed E-state index contributed by atoms with van der Waals surface area (Å²) in [6, 6.07) is 15.6. The standard InChI is InChI=1S/C20H24N2O3/c1-24-17-6-8-18(9-7-17)25-15-13-21-12-10-20(23)22-14-11-16-4-2-3-5-19(16)22/h2-9,21H,10-15H2,1H3. The van der Waals surface area contributed by atoms with E-state index >= 15 is 0 Å². The van der Waals surface area contributed by atoms with Gasteiger partial charge in [0.15, 0.2) is 0 Å². The van der Waals surface area contributed by atoms with Gasteiger partial charge in [-0.2, -0.15) is 0 Å². The Hall–Kier alpha value is -2.53. The molecular weight excluding hydrogens is 316 g/mol. The Morgan fingerprint density at radius 2 is 1.84 bits per heavy atom. The van der Waals surface area contributed by atoms with Crippen LogP contribution < -0.4 is 19.7 Å². The monoisotopic (exact) mass is 340 g/mol. The van der Waals surface area contributed by atoms with Gasteiger partial charge in [-0.3, -0.25) is 4.79 Å². The molecule has 5 nitrogen and oxygen atoms in total. The average Bonchev–Trinajstić information content (AvgIpc) is 3.09. The predicted octanol–water partition coefficient (Wildman–Crippen LogP) is 2.64. The van der Waals surface area contributed by atoms with Crippen molar-refractivity contribution in [1.29, 1.82) is 0 Å². The maximum atomic E-state index is 12.4. The molecule has 0 saturated heterocycles. The predicted molar refractivity (Wildman–Crippen MR) is 98.5 cm³/mol. The third-order valence-corrected chi connectivity index (χ3v) is 4.31. The van der Waals surface area contributed by atoms with Crippen LogP contribution in [0.5, 0.6) is 11.5 Å². The third kappa shape index (κ3) is 4.51. The fourth-order valence-electron chi connectivity index (χ4n) is 2.97. The van der Waals surface area contributed by atoms with Crippen molar-refractivity contribution >= 4 is 11.6 Å². The number of amides is 1. The van der Waals surface area contributed by atoms with E-state index in [-0.39, 0.29) is 5.91 Å². The Kier molecular flexibility index (Phi) is 5.90. The van der Waals surface area contributed by atoms with Crippen LogP contribution in [0.3, 0.4) is 0 Å². The second-order valence-corrected chi connectivity index (χ2v) is 5.95. The van der Waals surface area contributed by atoms with Crippen LogP contribution in [-0.2, 0) is 11.2 Å². The highest BCUT2D eigenvalue weighted by Gasteiger charge is 2.23. The largest absolute Gasteiger partial charge is 0.497 e. The molecule has 1 heterocycles. The minimum atomic E-state index is 0.175. The molecule has 0 fully saturated rings. The van der Waals surface area contributed by atoms with Gasteiger partial charge in [0.2, 0.25) is 5.91 Å². The second kappa shape index (κ2) is 8.53. The Labute approximate surface area is 148 Å². The van der Waals surface area contributed by atoms with Crippen molar-refractivity contribution in [2.24, 2.45) is 0 Å². The zero-order valence-electron chi connectivity index (χ0n) is 14.5. The van der Waals surface area contributed by atoms with E-state index in [9.17, 15) is 4.79 Å². The van der Waals surface area contributed by atoms with Crippen LogP contribution in [0.4, 0.5) is 5.69 Å². The molecule has 25 heavy (non-hydrogen) atoms. The second-order valence-electron chi connectivity index (χ2n) is 5.95. The lowest BCUT2D eigenvalue weighted by atomic mass is 10.2. The van der Waals surface area contributed by atoms with Crippen LogP contribution in [-0.4, -0.2) is 39.3 Å². The van der Waals surface area contributed by atoms with Crippen molar-refractivity contribution in [2.75, 3.05) is 38.3 Å². The Morgan fingerprint density at radius 3 is 2.64 bits per heavy atom. The Morgan fingerprint density at radius 1 is 1.08 bits per heavy atom. The molecule has 2 aromatic rings. The summed E-state index contributed by atoms with van der Waals surface area (Å²) in [7, 11) is 1.64. The number of nitrogens with one attached hydrogen (secondary N) is 1. The molecule has 0 atom stereocenters.